The van der Waals surface area contributed by atoms with Crippen molar-refractivity contribution in [3.05, 3.63) is 0 Å². The molecule has 0 nitrogen and oxygen atoms in total. The van der Waals surface area contributed by atoms with Gasteiger partial charge < -0.3 is 0 Å². The van der Waals surface area contributed by atoms with Crippen molar-refractivity contribution in [2.24, 2.45) is 0 Å². The molecule has 0 aromatic rings. The summed E-state index contributed by atoms with van der Waals surface area (Å²) in [4.78, 5) is 0. The fraction of sp³-hybridized carbons (Fsp3) is 1.00. The van der Waals surface area contributed by atoms with E-state index in [2.05, 4.69) is 41.5 Å². The molecule has 0 aliphatic heterocycles. The average molecular weight is 233 g/mol. The van der Waals surface area contributed by atoms with Gasteiger partial charge in [0.15, 0.2) is 0 Å². The van der Waals surface area contributed by atoms with Crippen LogP contribution in [0.4, 0.5) is 0 Å². The quantitative estimate of drug-likeness (QED) is 0.563. The van der Waals surface area contributed by atoms with Gasteiger partial charge in [-0.3, -0.25) is 0 Å². The van der Waals surface area contributed by atoms with E-state index >= 15 is 0 Å². The summed E-state index contributed by atoms with van der Waals surface area (Å²) in [5.41, 5.74) is 0. The average Bonchev–Trinajstić information content (AvgIpc) is 1.14. The molecule has 0 saturated carbocycles. The van der Waals surface area contributed by atoms with E-state index in [9.17, 15) is 0 Å². The van der Waals surface area contributed by atoms with Gasteiger partial charge in [-0.15, -0.1) is 0 Å². The first kappa shape index (κ1) is 9.80. The Hall–Kier alpha value is 0.799. The Balaban J connectivity index is 3.75. The van der Waals surface area contributed by atoms with E-state index in [4.69, 9.17) is 0 Å². The van der Waals surface area contributed by atoms with Crippen LogP contribution < -0.4 is 0 Å². The van der Waals surface area contributed by atoms with Crippen LogP contribution in [0.5, 0.6) is 0 Å². The third-order valence-corrected chi connectivity index (χ3v) is 5.03. The molecule has 2 radical (unpaired) electrons. The van der Waals surface area contributed by atoms with Gasteiger partial charge in [0.05, 0.1) is 0 Å². The van der Waals surface area contributed by atoms with Crippen molar-refractivity contribution in [1.82, 2.24) is 0 Å². The zero-order valence-corrected chi connectivity index (χ0v) is 10.4. The molecular formula is C8H18Sn. The van der Waals surface area contributed by atoms with E-state index in [1.54, 1.807) is 0 Å². The molecule has 0 aromatic carbocycles. The monoisotopic (exact) mass is 234 g/mol. The molecule has 9 heavy (non-hydrogen) atoms. The van der Waals surface area contributed by atoms with Crippen molar-refractivity contribution in [1.29, 1.82) is 0 Å². The van der Waals surface area contributed by atoms with Gasteiger partial charge >= 0.3 is 69.5 Å². The second-order valence-electron chi connectivity index (χ2n) is 4.62. The first-order chi connectivity index (χ1) is 3.71. The molecule has 0 spiro atoms. The Kier molecular flexibility index (Phi) is 3.06. The molecule has 0 bridgehead atoms. The molecule has 0 aromatic heterocycles. The molecule has 54 valence electrons. The molecule has 0 rings (SSSR count). The minimum absolute atomic E-state index is 0.182. The molecule has 0 aliphatic carbocycles. The van der Waals surface area contributed by atoms with Crippen LogP contribution in [-0.4, -0.2) is 21.1 Å². The third kappa shape index (κ3) is 8.80. The summed E-state index contributed by atoms with van der Waals surface area (Å²) >= 11 is -0.182. The van der Waals surface area contributed by atoms with Gasteiger partial charge in [0.1, 0.15) is 0 Å². The summed E-state index contributed by atoms with van der Waals surface area (Å²) in [6.45, 7) is 14.2. The number of hydrogen-bond acceptors (Lipinski definition) is 0. The van der Waals surface area contributed by atoms with Gasteiger partial charge in [-0.25, -0.2) is 0 Å². The molecule has 0 saturated heterocycles. The van der Waals surface area contributed by atoms with Crippen LogP contribution >= 0.6 is 0 Å². The molecule has 0 fully saturated rings. The summed E-state index contributed by atoms with van der Waals surface area (Å²) in [7, 11) is 0. The van der Waals surface area contributed by atoms with Crippen molar-refractivity contribution in [3.63, 3.8) is 0 Å². The van der Waals surface area contributed by atoms with Crippen molar-refractivity contribution in [2.75, 3.05) is 0 Å². The Morgan fingerprint density at radius 2 is 0.889 bits per heavy atom. The zero-order valence-electron chi connectivity index (χ0n) is 7.50. The van der Waals surface area contributed by atoms with E-state index < -0.39 is 0 Å². The number of hydrogen-bond donors (Lipinski definition) is 0. The van der Waals surface area contributed by atoms with Crippen LogP contribution in [0.3, 0.4) is 0 Å². The van der Waals surface area contributed by atoms with E-state index in [0.29, 0.717) is 6.86 Å². The van der Waals surface area contributed by atoms with Gasteiger partial charge in [0.25, 0.3) is 0 Å². The molecule has 0 aliphatic rings. The summed E-state index contributed by atoms with van der Waals surface area (Å²) in [5.74, 6) is 0. The molecule has 0 amide bonds. The van der Waals surface area contributed by atoms with Gasteiger partial charge in [0, 0.05) is 0 Å². The molecule has 0 unspecified atom stereocenters. The minimum atomic E-state index is -0.182. The SMILES string of the molecule is C[C](C)(C)[Sn][C](C)(C)C. The Bertz CT molecular complexity index is 69.7. The molecule has 0 N–H and O–H groups in total. The van der Waals surface area contributed by atoms with E-state index in [-0.39, 0.29) is 21.1 Å². The predicted molar refractivity (Wildman–Crippen MR) is 45.2 cm³/mol. The second kappa shape index (κ2) is 2.81. The molecule has 0 atom stereocenters. The zero-order chi connectivity index (χ0) is 7.71. The topological polar surface area (TPSA) is 0 Å². The second-order valence-corrected chi connectivity index (χ2v) is 13.9. The maximum atomic E-state index is 2.37. The van der Waals surface area contributed by atoms with Crippen molar-refractivity contribution >= 4 is 21.1 Å². The van der Waals surface area contributed by atoms with E-state index in [1.165, 1.54) is 0 Å². The van der Waals surface area contributed by atoms with Crippen LogP contribution in [0.1, 0.15) is 41.5 Å². The van der Waals surface area contributed by atoms with Gasteiger partial charge in [-0.2, -0.15) is 0 Å². The Morgan fingerprint density at radius 1 is 0.667 bits per heavy atom. The van der Waals surface area contributed by atoms with E-state index in [0.717, 1.165) is 0 Å². The van der Waals surface area contributed by atoms with Crippen LogP contribution in [0.15, 0.2) is 0 Å². The standard InChI is InChI=1S/2C4H9.Sn/c2*1-4(2)3;/h2*1-3H3;. The normalized spacial score (nSPS) is 14.0. The van der Waals surface area contributed by atoms with Crippen molar-refractivity contribution in [3.8, 4) is 0 Å². The fourth-order valence-corrected chi connectivity index (χ4v) is 7.55. The van der Waals surface area contributed by atoms with Gasteiger partial charge in [-0.05, 0) is 0 Å². The van der Waals surface area contributed by atoms with Crippen LogP contribution in [0.25, 0.3) is 0 Å². The van der Waals surface area contributed by atoms with Crippen molar-refractivity contribution < 1.29 is 0 Å². The molecule has 0 heterocycles. The van der Waals surface area contributed by atoms with Crippen LogP contribution in [-0.2, 0) is 0 Å². The number of rotatable bonds is 0. The van der Waals surface area contributed by atoms with Crippen LogP contribution in [0, 0.1) is 0 Å². The first-order valence-corrected chi connectivity index (χ1v) is 6.35. The third-order valence-electron chi connectivity index (χ3n) is 0.750. The Labute approximate surface area is 69.6 Å². The maximum absolute atomic E-state index is 2.37. The summed E-state index contributed by atoms with van der Waals surface area (Å²) < 4.78 is 1.31. The Morgan fingerprint density at radius 3 is 0.889 bits per heavy atom. The van der Waals surface area contributed by atoms with Gasteiger partial charge in [-0.1, -0.05) is 0 Å². The first-order valence-electron chi connectivity index (χ1n) is 3.50. The van der Waals surface area contributed by atoms with Crippen LogP contribution in [0.2, 0.25) is 6.86 Å². The molecular weight excluding hydrogens is 215 g/mol. The summed E-state index contributed by atoms with van der Waals surface area (Å²) in [6, 6.07) is 0. The van der Waals surface area contributed by atoms with Crippen molar-refractivity contribution in [2.45, 2.75) is 48.4 Å². The summed E-state index contributed by atoms with van der Waals surface area (Å²) in [6.07, 6.45) is 0. The van der Waals surface area contributed by atoms with E-state index in [1.807, 2.05) is 0 Å². The molecule has 1 heteroatoms. The predicted octanol–water partition coefficient (Wildman–Crippen LogP) is 3.13. The fourth-order valence-electron chi connectivity index (χ4n) is 1.12. The van der Waals surface area contributed by atoms with Gasteiger partial charge in [0.2, 0.25) is 0 Å². The summed E-state index contributed by atoms with van der Waals surface area (Å²) in [5, 5.41) is 0.